The van der Waals surface area contributed by atoms with Crippen LogP contribution in [0.1, 0.15) is 34.5 Å². The Kier molecular flexibility index (Phi) is 4.32. The normalized spacial score (nSPS) is 17.1. The molecular weight excluding hydrogens is 332 g/mol. The van der Waals surface area contributed by atoms with Crippen molar-refractivity contribution in [2.45, 2.75) is 25.7 Å². The van der Waals surface area contributed by atoms with E-state index in [1.807, 2.05) is 15.9 Å². The van der Waals surface area contributed by atoms with Crippen molar-refractivity contribution < 1.29 is 4.79 Å². The molecule has 4 rings (SSSR count). The molecule has 2 aromatic rings. The van der Waals surface area contributed by atoms with Gasteiger partial charge in [-0.15, -0.1) is 0 Å². The summed E-state index contributed by atoms with van der Waals surface area (Å²) in [6.07, 6.45) is 6.06. The third kappa shape index (κ3) is 3.26. The SMILES string of the molecule is Nc1nc(N2CCN(C(=O)c3cnc4c(c3)CCCC4)CC2)cc(=O)[nH]1. The highest BCUT2D eigenvalue weighted by molar-refractivity contribution is 5.94. The van der Waals surface area contributed by atoms with Crippen molar-refractivity contribution in [3.05, 3.63) is 45.5 Å². The lowest BCUT2D eigenvalue weighted by Crippen LogP contribution is -2.49. The number of fused-ring (bicyclic) bond motifs is 1. The summed E-state index contributed by atoms with van der Waals surface area (Å²) in [5.41, 5.74) is 8.35. The van der Waals surface area contributed by atoms with Crippen LogP contribution >= 0.6 is 0 Å². The fourth-order valence-corrected chi connectivity index (χ4v) is 3.65. The number of aromatic amines is 1. The van der Waals surface area contributed by atoms with Gasteiger partial charge in [0.15, 0.2) is 0 Å². The Balaban J connectivity index is 1.44. The second-order valence-electron chi connectivity index (χ2n) is 6.80. The number of rotatable bonds is 2. The van der Waals surface area contributed by atoms with E-state index in [2.05, 4.69) is 15.0 Å². The molecule has 2 aromatic heterocycles. The lowest BCUT2D eigenvalue weighted by molar-refractivity contribution is 0.0746. The predicted molar refractivity (Wildman–Crippen MR) is 98.3 cm³/mol. The second kappa shape index (κ2) is 6.78. The molecule has 0 aromatic carbocycles. The minimum atomic E-state index is -0.272. The molecular formula is C18H22N6O2. The number of carbonyl (C=O) groups excluding carboxylic acids is 1. The number of anilines is 2. The highest BCUT2D eigenvalue weighted by Crippen LogP contribution is 2.21. The average Bonchev–Trinajstić information content (AvgIpc) is 2.66. The van der Waals surface area contributed by atoms with Crippen molar-refractivity contribution in [2.24, 2.45) is 0 Å². The Labute approximate surface area is 151 Å². The number of aromatic nitrogens is 3. The van der Waals surface area contributed by atoms with Gasteiger partial charge in [-0.2, -0.15) is 4.98 Å². The van der Waals surface area contributed by atoms with Gasteiger partial charge in [0, 0.05) is 44.1 Å². The number of nitrogens with one attached hydrogen (secondary N) is 1. The molecule has 2 aliphatic rings. The number of nitrogens with zero attached hydrogens (tertiary/aromatic N) is 4. The molecule has 0 saturated carbocycles. The Bertz CT molecular complexity index is 885. The summed E-state index contributed by atoms with van der Waals surface area (Å²) in [6, 6.07) is 3.44. The van der Waals surface area contributed by atoms with Gasteiger partial charge in [-0.25, -0.2) is 0 Å². The third-order valence-corrected chi connectivity index (χ3v) is 5.05. The summed E-state index contributed by atoms with van der Waals surface area (Å²) in [7, 11) is 0. The minimum Gasteiger partial charge on any atom is -0.369 e. The van der Waals surface area contributed by atoms with Crippen molar-refractivity contribution in [1.29, 1.82) is 0 Å². The molecule has 0 spiro atoms. The smallest absolute Gasteiger partial charge is 0.255 e. The van der Waals surface area contributed by atoms with E-state index in [1.54, 1.807) is 6.20 Å². The zero-order valence-corrected chi connectivity index (χ0v) is 14.6. The summed E-state index contributed by atoms with van der Waals surface area (Å²) in [5, 5.41) is 0. The lowest BCUT2D eigenvalue weighted by atomic mass is 9.95. The first-order chi connectivity index (χ1) is 12.6. The molecule has 8 heteroatoms. The van der Waals surface area contributed by atoms with E-state index in [9.17, 15) is 9.59 Å². The molecule has 136 valence electrons. The van der Waals surface area contributed by atoms with Gasteiger partial charge in [0.2, 0.25) is 5.95 Å². The molecule has 0 radical (unpaired) electrons. The quantitative estimate of drug-likeness (QED) is 0.817. The summed E-state index contributed by atoms with van der Waals surface area (Å²) < 4.78 is 0. The molecule has 3 heterocycles. The number of aryl methyl sites for hydroxylation is 2. The molecule has 1 amide bonds. The standard InChI is InChI=1S/C18H22N6O2/c19-18-21-15(10-16(25)22-18)23-5-7-24(8-6-23)17(26)13-9-12-3-1-2-4-14(12)20-11-13/h9-11H,1-8H2,(H3,19,21,22,25). The van der Waals surface area contributed by atoms with Crippen LogP contribution in [0.5, 0.6) is 0 Å². The molecule has 3 N–H and O–H groups in total. The van der Waals surface area contributed by atoms with Gasteiger partial charge in [0.1, 0.15) is 5.82 Å². The van der Waals surface area contributed by atoms with Crippen molar-refractivity contribution in [3.63, 3.8) is 0 Å². The Hall–Kier alpha value is -2.90. The first kappa shape index (κ1) is 16.6. The van der Waals surface area contributed by atoms with Crippen molar-refractivity contribution in [1.82, 2.24) is 19.9 Å². The maximum absolute atomic E-state index is 12.8. The number of H-pyrrole nitrogens is 1. The van der Waals surface area contributed by atoms with Crippen LogP contribution < -0.4 is 16.2 Å². The van der Waals surface area contributed by atoms with Gasteiger partial charge in [-0.1, -0.05) is 0 Å². The average molecular weight is 354 g/mol. The number of hydrogen-bond acceptors (Lipinski definition) is 6. The lowest BCUT2D eigenvalue weighted by Gasteiger charge is -2.35. The highest BCUT2D eigenvalue weighted by atomic mass is 16.2. The van der Waals surface area contributed by atoms with E-state index < -0.39 is 0 Å². The van der Waals surface area contributed by atoms with E-state index in [0.717, 1.165) is 25.0 Å². The van der Waals surface area contributed by atoms with Gasteiger partial charge in [0.25, 0.3) is 11.5 Å². The maximum Gasteiger partial charge on any atom is 0.255 e. The highest BCUT2D eigenvalue weighted by Gasteiger charge is 2.24. The van der Waals surface area contributed by atoms with Gasteiger partial charge < -0.3 is 15.5 Å². The van der Waals surface area contributed by atoms with Crippen LogP contribution in [0.15, 0.2) is 23.1 Å². The Morgan fingerprint density at radius 2 is 1.88 bits per heavy atom. The zero-order chi connectivity index (χ0) is 18.1. The molecule has 0 bridgehead atoms. The van der Waals surface area contributed by atoms with Gasteiger partial charge in [0.05, 0.1) is 5.56 Å². The van der Waals surface area contributed by atoms with Crippen LogP contribution in [-0.2, 0) is 12.8 Å². The topological polar surface area (TPSA) is 108 Å². The second-order valence-corrected chi connectivity index (χ2v) is 6.80. The summed E-state index contributed by atoms with van der Waals surface area (Å²) >= 11 is 0. The number of piperazine rings is 1. The number of hydrogen-bond donors (Lipinski definition) is 2. The van der Waals surface area contributed by atoms with Crippen molar-refractivity contribution >= 4 is 17.7 Å². The summed E-state index contributed by atoms with van der Waals surface area (Å²) in [5.74, 6) is 0.670. The summed E-state index contributed by atoms with van der Waals surface area (Å²) in [4.78, 5) is 39.3. The molecule has 8 nitrogen and oxygen atoms in total. The van der Waals surface area contributed by atoms with Crippen LogP contribution in [-0.4, -0.2) is 51.9 Å². The molecule has 26 heavy (non-hydrogen) atoms. The molecule has 1 aliphatic heterocycles. The number of nitrogen functional groups attached to an aromatic ring is 1. The van der Waals surface area contributed by atoms with Crippen molar-refractivity contribution in [3.8, 4) is 0 Å². The fourth-order valence-electron chi connectivity index (χ4n) is 3.65. The van der Waals surface area contributed by atoms with E-state index in [0.29, 0.717) is 37.6 Å². The molecule has 1 fully saturated rings. The largest absolute Gasteiger partial charge is 0.369 e. The van der Waals surface area contributed by atoms with Gasteiger partial charge in [-0.05, 0) is 37.3 Å². The van der Waals surface area contributed by atoms with E-state index in [1.165, 1.54) is 18.1 Å². The number of carbonyl (C=O) groups is 1. The fraction of sp³-hybridized carbons (Fsp3) is 0.444. The third-order valence-electron chi connectivity index (χ3n) is 5.05. The number of pyridine rings is 1. The monoisotopic (exact) mass is 354 g/mol. The molecule has 0 atom stereocenters. The Morgan fingerprint density at radius 3 is 2.65 bits per heavy atom. The maximum atomic E-state index is 12.8. The van der Waals surface area contributed by atoms with Gasteiger partial charge >= 0.3 is 0 Å². The van der Waals surface area contributed by atoms with E-state index in [-0.39, 0.29) is 17.4 Å². The minimum absolute atomic E-state index is 0.0175. The molecule has 1 saturated heterocycles. The summed E-state index contributed by atoms with van der Waals surface area (Å²) in [6.45, 7) is 2.37. The van der Waals surface area contributed by atoms with Crippen LogP contribution in [0.25, 0.3) is 0 Å². The first-order valence-electron chi connectivity index (χ1n) is 8.99. The zero-order valence-electron chi connectivity index (χ0n) is 14.6. The van der Waals surface area contributed by atoms with E-state index in [4.69, 9.17) is 5.73 Å². The molecule has 0 unspecified atom stereocenters. The van der Waals surface area contributed by atoms with Gasteiger partial charge in [-0.3, -0.25) is 19.6 Å². The van der Waals surface area contributed by atoms with Crippen LogP contribution in [0.2, 0.25) is 0 Å². The van der Waals surface area contributed by atoms with Crippen LogP contribution in [0.4, 0.5) is 11.8 Å². The van der Waals surface area contributed by atoms with E-state index >= 15 is 0 Å². The number of nitrogens with two attached hydrogens (primary N) is 1. The van der Waals surface area contributed by atoms with Crippen LogP contribution in [0.3, 0.4) is 0 Å². The predicted octanol–water partition coefficient (Wildman–Crippen LogP) is 0.588. The molecule has 1 aliphatic carbocycles. The number of amides is 1. The van der Waals surface area contributed by atoms with Crippen molar-refractivity contribution in [2.75, 3.05) is 36.8 Å². The first-order valence-corrected chi connectivity index (χ1v) is 8.99. The van der Waals surface area contributed by atoms with Crippen LogP contribution in [0, 0.1) is 0 Å². The Morgan fingerprint density at radius 1 is 1.12 bits per heavy atom.